The van der Waals surface area contributed by atoms with E-state index in [1.165, 1.54) is 24.8 Å². The predicted molar refractivity (Wildman–Crippen MR) is 108 cm³/mol. The van der Waals surface area contributed by atoms with Crippen LogP contribution in [0, 0.1) is 0 Å². The van der Waals surface area contributed by atoms with Crippen molar-refractivity contribution in [1.29, 1.82) is 0 Å². The molecule has 0 aliphatic carbocycles. The molecule has 1 saturated heterocycles. The number of hydrogen-bond acceptors (Lipinski definition) is 5. The molecule has 1 fully saturated rings. The summed E-state index contributed by atoms with van der Waals surface area (Å²) in [6, 6.07) is 12.6. The topological polar surface area (TPSA) is 58.9 Å². The van der Waals surface area contributed by atoms with E-state index >= 15 is 0 Å². The van der Waals surface area contributed by atoms with Crippen LogP contribution in [0.2, 0.25) is 0 Å². The maximum atomic E-state index is 4.50. The molecule has 1 aliphatic heterocycles. The second-order valence-electron chi connectivity index (χ2n) is 7.13. The van der Waals surface area contributed by atoms with E-state index in [0.29, 0.717) is 0 Å². The van der Waals surface area contributed by atoms with Gasteiger partial charge in [0.2, 0.25) is 0 Å². The molecule has 1 N–H and O–H groups in total. The van der Waals surface area contributed by atoms with Gasteiger partial charge in [-0.1, -0.05) is 30.3 Å². The molecule has 6 nitrogen and oxygen atoms in total. The first-order chi connectivity index (χ1) is 13.3. The lowest BCUT2D eigenvalue weighted by atomic mass is 10.1. The Labute approximate surface area is 160 Å². The van der Waals surface area contributed by atoms with Crippen molar-refractivity contribution in [2.45, 2.75) is 38.8 Å². The fourth-order valence-corrected chi connectivity index (χ4v) is 3.49. The number of hydrogen-bond donors (Lipinski definition) is 1. The Morgan fingerprint density at radius 3 is 2.70 bits per heavy atom. The van der Waals surface area contributed by atoms with Gasteiger partial charge < -0.3 is 10.2 Å². The Balaban J connectivity index is 1.41. The summed E-state index contributed by atoms with van der Waals surface area (Å²) in [6.07, 6.45) is 9.47. The first-order valence-corrected chi connectivity index (χ1v) is 9.68. The minimum absolute atomic E-state index is 0.124. The molecular weight excluding hydrogens is 336 g/mol. The van der Waals surface area contributed by atoms with E-state index in [2.05, 4.69) is 68.7 Å². The number of nitrogens with one attached hydrogen (secondary N) is 1. The third kappa shape index (κ3) is 4.45. The molecule has 4 rings (SSSR count). The van der Waals surface area contributed by atoms with Gasteiger partial charge >= 0.3 is 0 Å². The van der Waals surface area contributed by atoms with E-state index in [0.717, 1.165) is 36.8 Å². The molecule has 0 saturated carbocycles. The molecule has 140 valence electrons. The molecule has 3 aromatic rings. The highest BCUT2D eigenvalue weighted by molar-refractivity contribution is 5.49. The quantitative estimate of drug-likeness (QED) is 0.721. The van der Waals surface area contributed by atoms with Crippen LogP contribution in [0.1, 0.15) is 43.4 Å². The maximum absolute atomic E-state index is 4.50. The van der Waals surface area contributed by atoms with E-state index in [-0.39, 0.29) is 6.04 Å². The molecule has 27 heavy (non-hydrogen) atoms. The van der Waals surface area contributed by atoms with Gasteiger partial charge in [-0.15, -0.1) is 0 Å². The van der Waals surface area contributed by atoms with Gasteiger partial charge in [-0.05, 0) is 31.7 Å². The van der Waals surface area contributed by atoms with Gasteiger partial charge in [0.05, 0.1) is 18.8 Å². The van der Waals surface area contributed by atoms with Gasteiger partial charge in [-0.3, -0.25) is 4.68 Å². The molecule has 0 spiro atoms. The summed E-state index contributed by atoms with van der Waals surface area (Å²) in [5, 5.41) is 7.98. The minimum Gasteiger partial charge on any atom is -0.363 e. The number of rotatable bonds is 6. The van der Waals surface area contributed by atoms with Crippen LogP contribution < -0.4 is 10.2 Å². The summed E-state index contributed by atoms with van der Waals surface area (Å²) in [7, 11) is 0. The number of piperidine rings is 1. The molecule has 0 amide bonds. The highest BCUT2D eigenvalue weighted by Gasteiger charge is 2.14. The van der Waals surface area contributed by atoms with Crippen molar-refractivity contribution in [2.24, 2.45) is 0 Å². The normalized spacial score (nSPS) is 15.5. The molecule has 1 unspecified atom stereocenters. The zero-order valence-electron chi connectivity index (χ0n) is 15.8. The standard InChI is InChI=1S/C21H26N6/c1-17(19-13-24-27(15-19)14-18-8-4-2-5-9-18)25-20-12-21(23-16-22-20)26-10-6-3-7-11-26/h2,4-5,8-9,12-13,15-17H,3,6-7,10-11,14H2,1H3,(H,22,23,25). The van der Waals surface area contributed by atoms with Crippen molar-refractivity contribution in [1.82, 2.24) is 19.7 Å². The smallest absolute Gasteiger partial charge is 0.134 e. The fourth-order valence-electron chi connectivity index (χ4n) is 3.49. The summed E-state index contributed by atoms with van der Waals surface area (Å²) < 4.78 is 1.97. The first-order valence-electron chi connectivity index (χ1n) is 9.68. The predicted octanol–water partition coefficient (Wildman–Crippen LogP) is 3.88. The summed E-state index contributed by atoms with van der Waals surface area (Å²) in [6.45, 7) is 5.07. The minimum atomic E-state index is 0.124. The average Bonchev–Trinajstić information content (AvgIpc) is 3.18. The molecular formula is C21H26N6. The Morgan fingerprint density at radius 2 is 1.89 bits per heavy atom. The summed E-state index contributed by atoms with van der Waals surface area (Å²) in [4.78, 5) is 11.2. The van der Waals surface area contributed by atoms with Crippen molar-refractivity contribution in [3.63, 3.8) is 0 Å². The Kier molecular flexibility index (Phi) is 5.32. The van der Waals surface area contributed by atoms with Crippen LogP contribution in [0.25, 0.3) is 0 Å². The van der Waals surface area contributed by atoms with Crippen LogP contribution in [0.15, 0.2) is 55.1 Å². The van der Waals surface area contributed by atoms with Crippen LogP contribution in [0.5, 0.6) is 0 Å². The van der Waals surface area contributed by atoms with Gasteiger partial charge in [0.1, 0.15) is 18.0 Å². The summed E-state index contributed by atoms with van der Waals surface area (Å²) >= 11 is 0. The lowest BCUT2D eigenvalue weighted by molar-refractivity contribution is 0.573. The Hall–Kier alpha value is -2.89. The molecule has 3 heterocycles. The van der Waals surface area contributed by atoms with E-state index in [1.54, 1.807) is 6.33 Å². The van der Waals surface area contributed by atoms with Gasteiger partial charge in [-0.2, -0.15) is 5.10 Å². The molecule has 2 aromatic heterocycles. The Morgan fingerprint density at radius 1 is 1.07 bits per heavy atom. The molecule has 1 atom stereocenters. The van der Waals surface area contributed by atoms with Gasteiger partial charge in [-0.25, -0.2) is 9.97 Å². The van der Waals surface area contributed by atoms with E-state index in [9.17, 15) is 0 Å². The average molecular weight is 362 g/mol. The van der Waals surface area contributed by atoms with Crippen molar-refractivity contribution < 1.29 is 0 Å². The van der Waals surface area contributed by atoms with Crippen LogP contribution >= 0.6 is 0 Å². The number of nitrogens with zero attached hydrogens (tertiary/aromatic N) is 5. The summed E-state index contributed by atoms with van der Waals surface area (Å²) in [5.74, 6) is 1.87. The maximum Gasteiger partial charge on any atom is 0.134 e. The summed E-state index contributed by atoms with van der Waals surface area (Å²) in [5.41, 5.74) is 2.39. The van der Waals surface area contributed by atoms with Gasteiger partial charge in [0, 0.05) is 30.9 Å². The molecule has 0 bridgehead atoms. The largest absolute Gasteiger partial charge is 0.363 e. The van der Waals surface area contributed by atoms with Gasteiger partial charge in [0.25, 0.3) is 0 Å². The fraction of sp³-hybridized carbons (Fsp3) is 0.381. The second-order valence-corrected chi connectivity index (χ2v) is 7.13. The third-order valence-corrected chi connectivity index (χ3v) is 5.04. The molecule has 0 radical (unpaired) electrons. The third-order valence-electron chi connectivity index (χ3n) is 5.04. The van der Waals surface area contributed by atoms with Crippen molar-refractivity contribution >= 4 is 11.6 Å². The van der Waals surface area contributed by atoms with E-state index in [4.69, 9.17) is 0 Å². The molecule has 1 aromatic carbocycles. The van der Waals surface area contributed by atoms with Gasteiger partial charge in [0.15, 0.2) is 0 Å². The Bertz CT molecular complexity index is 854. The first kappa shape index (κ1) is 17.5. The number of benzene rings is 1. The molecule has 1 aliphatic rings. The van der Waals surface area contributed by atoms with Crippen molar-refractivity contribution in [3.05, 3.63) is 66.2 Å². The van der Waals surface area contributed by atoms with Crippen LogP contribution in [0.4, 0.5) is 11.6 Å². The zero-order valence-corrected chi connectivity index (χ0v) is 15.8. The lowest BCUT2D eigenvalue weighted by Gasteiger charge is -2.27. The lowest BCUT2D eigenvalue weighted by Crippen LogP contribution is -2.30. The van der Waals surface area contributed by atoms with Crippen molar-refractivity contribution in [2.75, 3.05) is 23.3 Å². The number of aromatic nitrogens is 4. The number of anilines is 2. The molecule has 6 heteroatoms. The van der Waals surface area contributed by atoms with Crippen LogP contribution in [-0.4, -0.2) is 32.8 Å². The van der Waals surface area contributed by atoms with Crippen LogP contribution in [0.3, 0.4) is 0 Å². The second kappa shape index (κ2) is 8.20. The van der Waals surface area contributed by atoms with Crippen LogP contribution in [-0.2, 0) is 6.54 Å². The monoisotopic (exact) mass is 362 g/mol. The van der Waals surface area contributed by atoms with Crippen molar-refractivity contribution in [3.8, 4) is 0 Å². The highest BCUT2D eigenvalue weighted by Crippen LogP contribution is 2.22. The van der Waals surface area contributed by atoms with E-state index in [1.807, 2.05) is 16.9 Å². The highest BCUT2D eigenvalue weighted by atomic mass is 15.3. The zero-order chi connectivity index (χ0) is 18.5. The van der Waals surface area contributed by atoms with E-state index < -0.39 is 0 Å². The SMILES string of the molecule is CC(Nc1cc(N2CCCCC2)ncn1)c1cnn(Cc2ccccc2)c1.